The van der Waals surface area contributed by atoms with Crippen molar-refractivity contribution < 1.29 is 9.57 Å². The smallest absolute Gasteiger partial charge is 0.135 e. The van der Waals surface area contributed by atoms with Crippen LogP contribution in [0.25, 0.3) is 0 Å². The molecule has 0 aliphatic heterocycles. The highest BCUT2D eigenvalue weighted by Gasteiger charge is 1.95. The van der Waals surface area contributed by atoms with Crippen LogP contribution in [-0.4, -0.2) is 18.9 Å². The van der Waals surface area contributed by atoms with Crippen molar-refractivity contribution in [3.05, 3.63) is 48.6 Å². The van der Waals surface area contributed by atoms with Crippen LogP contribution in [0.2, 0.25) is 0 Å². The van der Waals surface area contributed by atoms with Gasteiger partial charge in [0.1, 0.15) is 6.61 Å². The van der Waals surface area contributed by atoms with Crippen LogP contribution in [-0.2, 0) is 16.2 Å². The van der Waals surface area contributed by atoms with E-state index in [1.165, 1.54) is 5.56 Å². The molecule has 0 N–H and O–H groups in total. The normalized spacial score (nSPS) is 11.2. The van der Waals surface area contributed by atoms with Gasteiger partial charge in [0.2, 0.25) is 0 Å². The molecule has 1 aromatic rings. The Morgan fingerprint density at radius 1 is 1.35 bits per heavy atom. The zero-order valence-electron chi connectivity index (χ0n) is 10.3. The van der Waals surface area contributed by atoms with Crippen LogP contribution in [0.3, 0.4) is 0 Å². The summed E-state index contributed by atoms with van der Waals surface area (Å²) >= 11 is 0. The second-order valence-electron chi connectivity index (χ2n) is 3.70. The van der Waals surface area contributed by atoms with E-state index < -0.39 is 0 Å². The molecule has 1 aromatic carbocycles. The number of benzene rings is 1. The Kier molecular flexibility index (Phi) is 6.75. The lowest BCUT2D eigenvalue weighted by Crippen LogP contribution is -2.02. The van der Waals surface area contributed by atoms with Crippen molar-refractivity contribution in [1.29, 1.82) is 0 Å². The third-order valence-corrected chi connectivity index (χ3v) is 2.13. The number of nitrogens with zero attached hydrogens (tertiary/aromatic N) is 1. The van der Waals surface area contributed by atoms with Gasteiger partial charge in [0.25, 0.3) is 0 Å². The Balaban J connectivity index is 2.11. The van der Waals surface area contributed by atoms with Gasteiger partial charge in [0.15, 0.2) is 0 Å². The minimum Gasteiger partial charge on any atom is -0.392 e. The molecule has 92 valence electrons. The molecule has 3 heteroatoms. The molecule has 0 saturated heterocycles. The van der Waals surface area contributed by atoms with Crippen molar-refractivity contribution in [1.82, 2.24) is 0 Å². The summed E-state index contributed by atoms with van der Waals surface area (Å²) in [5, 5.41) is 3.92. The number of hydrogen-bond donors (Lipinski definition) is 0. The lowest BCUT2D eigenvalue weighted by molar-refractivity contribution is 0.125. The van der Waals surface area contributed by atoms with Gasteiger partial charge in [0, 0.05) is 6.42 Å². The van der Waals surface area contributed by atoms with Crippen molar-refractivity contribution in [2.75, 3.05) is 13.2 Å². The lowest BCUT2D eigenvalue weighted by Gasteiger charge is -2.04. The second kappa shape index (κ2) is 8.53. The maximum absolute atomic E-state index is 5.54. The predicted molar refractivity (Wildman–Crippen MR) is 70.0 cm³/mol. The third-order valence-electron chi connectivity index (χ3n) is 2.13. The fourth-order valence-corrected chi connectivity index (χ4v) is 1.23. The van der Waals surface area contributed by atoms with E-state index in [0.29, 0.717) is 19.8 Å². The molecule has 0 bridgehead atoms. The molecule has 1 rings (SSSR count). The molecule has 0 aliphatic rings. The van der Waals surface area contributed by atoms with E-state index in [0.717, 1.165) is 12.1 Å². The molecule has 17 heavy (non-hydrogen) atoms. The first-order valence-corrected chi connectivity index (χ1v) is 5.71. The Labute approximate surface area is 103 Å². The second-order valence-corrected chi connectivity index (χ2v) is 3.70. The van der Waals surface area contributed by atoms with E-state index in [1.807, 2.05) is 37.3 Å². The Morgan fingerprint density at radius 2 is 2.12 bits per heavy atom. The molecule has 0 atom stereocenters. The van der Waals surface area contributed by atoms with Crippen molar-refractivity contribution >= 4 is 5.71 Å². The van der Waals surface area contributed by atoms with E-state index >= 15 is 0 Å². The quantitative estimate of drug-likeness (QED) is 0.299. The average molecular weight is 233 g/mol. The third kappa shape index (κ3) is 6.53. The van der Waals surface area contributed by atoms with E-state index in [4.69, 9.17) is 9.57 Å². The van der Waals surface area contributed by atoms with Crippen molar-refractivity contribution in [3.8, 4) is 0 Å². The zero-order chi connectivity index (χ0) is 12.3. The Morgan fingerprint density at radius 3 is 2.82 bits per heavy atom. The molecule has 0 fully saturated rings. The number of oxime groups is 1. The van der Waals surface area contributed by atoms with Crippen molar-refractivity contribution in [3.63, 3.8) is 0 Å². The first-order valence-electron chi connectivity index (χ1n) is 5.71. The molecular weight excluding hydrogens is 214 g/mol. The van der Waals surface area contributed by atoms with Gasteiger partial charge in [-0.2, -0.15) is 0 Å². The number of rotatable bonds is 8. The highest BCUT2D eigenvalue weighted by molar-refractivity contribution is 5.81. The van der Waals surface area contributed by atoms with Gasteiger partial charge in [-0.05, 0) is 12.5 Å². The van der Waals surface area contributed by atoms with Crippen LogP contribution < -0.4 is 0 Å². The minimum absolute atomic E-state index is 0.447. The van der Waals surface area contributed by atoms with Crippen LogP contribution in [0.1, 0.15) is 18.9 Å². The minimum atomic E-state index is 0.447. The molecule has 0 radical (unpaired) electrons. The molecule has 0 heterocycles. The summed E-state index contributed by atoms with van der Waals surface area (Å²) in [6.07, 6.45) is 2.45. The molecule has 0 saturated carbocycles. The van der Waals surface area contributed by atoms with Crippen molar-refractivity contribution in [2.45, 2.75) is 20.0 Å². The van der Waals surface area contributed by atoms with E-state index in [9.17, 15) is 0 Å². The largest absolute Gasteiger partial charge is 0.392 e. The standard InChI is InChI=1S/C14H19NO2/c1-3-10-17-15-13(2)9-11-16-12-14-7-5-4-6-8-14/h3-8H,1,9-12H2,2H3/b15-13-. The van der Waals surface area contributed by atoms with E-state index in [2.05, 4.69) is 11.7 Å². The van der Waals surface area contributed by atoms with Gasteiger partial charge >= 0.3 is 0 Å². The van der Waals surface area contributed by atoms with E-state index in [1.54, 1.807) is 6.08 Å². The predicted octanol–water partition coefficient (Wildman–Crippen LogP) is 3.17. The van der Waals surface area contributed by atoms with Gasteiger partial charge in [-0.3, -0.25) is 0 Å². The van der Waals surface area contributed by atoms with Crippen LogP contribution in [0.5, 0.6) is 0 Å². The van der Waals surface area contributed by atoms with Crippen LogP contribution in [0, 0.1) is 0 Å². The maximum Gasteiger partial charge on any atom is 0.135 e. The molecule has 0 amide bonds. The fourth-order valence-electron chi connectivity index (χ4n) is 1.23. The molecule has 3 nitrogen and oxygen atoms in total. The number of hydrogen-bond acceptors (Lipinski definition) is 3. The first kappa shape index (κ1) is 13.5. The van der Waals surface area contributed by atoms with Gasteiger partial charge in [0.05, 0.1) is 18.9 Å². The molecule has 0 unspecified atom stereocenters. The monoisotopic (exact) mass is 233 g/mol. The maximum atomic E-state index is 5.54. The Bertz CT molecular complexity index is 346. The van der Waals surface area contributed by atoms with Crippen LogP contribution in [0.15, 0.2) is 48.1 Å². The summed E-state index contributed by atoms with van der Waals surface area (Å²) in [6.45, 7) is 7.21. The summed E-state index contributed by atoms with van der Waals surface area (Å²) in [5.74, 6) is 0. The molecule has 0 aliphatic carbocycles. The van der Waals surface area contributed by atoms with Gasteiger partial charge in [-0.1, -0.05) is 48.1 Å². The lowest BCUT2D eigenvalue weighted by atomic mass is 10.2. The molecule has 0 spiro atoms. The first-order chi connectivity index (χ1) is 8.33. The van der Waals surface area contributed by atoms with Crippen molar-refractivity contribution in [2.24, 2.45) is 5.16 Å². The fraction of sp³-hybridized carbons (Fsp3) is 0.357. The zero-order valence-corrected chi connectivity index (χ0v) is 10.3. The summed E-state index contributed by atoms with van der Waals surface area (Å²) < 4.78 is 5.54. The van der Waals surface area contributed by atoms with Crippen LogP contribution >= 0.6 is 0 Å². The number of ether oxygens (including phenoxy) is 1. The molecular formula is C14H19NO2. The SMILES string of the molecule is C=CCO/N=C(/C)CCOCc1ccccc1. The van der Waals surface area contributed by atoms with E-state index in [-0.39, 0.29) is 0 Å². The van der Waals surface area contributed by atoms with Gasteiger partial charge in [-0.15, -0.1) is 0 Å². The van der Waals surface area contributed by atoms with Gasteiger partial charge < -0.3 is 9.57 Å². The Hall–Kier alpha value is -1.61. The summed E-state index contributed by atoms with van der Waals surface area (Å²) in [7, 11) is 0. The van der Waals surface area contributed by atoms with Crippen LogP contribution in [0.4, 0.5) is 0 Å². The summed E-state index contributed by atoms with van der Waals surface area (Å²) in [4.78, 5) is 4.97. The average Bonchev–Trinajstić information content (AvgIpc) is 2.36. The molecule has 0 aromatic heterocycles. The summed E-state index contributed by atoms with van der Waals surface area (Å²) in [5.41, 5.74) is 2.12. The van der Waals surface area contributed by atoms with Gasteiger partial charge in [-0.25, -0.2) is 0 Å². The highest BCUT2D eigenvalue weighted by atomic mass is 16.6. The highest BCUT2D eigenvalue weighted by Crippen LogP contribution is 2.01. The summed E-state index contributed by atoms with van der Waals surface area (Å²) in [6, 6.07) is 10.1. The topological polar surface area (TPSA) is 30.8 Å².